The number of Topliss-reactive ketones (excluding diaryl/α,β-unsaturated/α-hetero) is 1. The number of allylic oxidation sites excluding steroid dienone is 4. The van der Waals surface area contributed by atoms with Gasteiger partial charge < -0.3 is 4.74 Å². The fourth-order valence-electron chi connectivity index (χ4n) is 1.58. The SMILES string of the molecule is C=C(C)C(=O)CC/C(C)=C\CC/C(C)=C\COC(C)=O. The Hall–Kier alpha value is -1.64. The minimum absolute atomic E-state index is 0.134. The summed E-state index contributed by atoms with van der Waals surface area (Å²) in [6.07, 6.45) is 7.30. The van der Waals surface area contributed by atoms with Crippen molar-refractivity contribution in [1.29, 1.82) is 0 Å². The summed E-state index contributed by atoms with van der Waals surface area (Å²) < 4.78 is 4.85. The lowest BCUT2D eigenvalue weighted by Crippen LogP contribution is -1.98. The van der Waals surface area contributed by atoms with Crippen LogP contribution in [0.1, 0.15) is 53.4 Å². The topological polar surface area (TPSA) is 43.4 Å². The Morgan fingerprint density at radius 1 is 0.950 bits per heavy atom. The lowest BCUT2D eigenvalue weighted by molar-refractivity contribution is -0.139. The number of hydrogen-bond donors (Lipinski definition) is 0. The zero-order chi connectivity index (χ0) is 15.5. The maximum atomic E-state index is 11.4. The third kappa shape index (κ3) is 10.3. The number of carbonyl (C=O) groups excluding carboxylic acids is 2. The standard InChI is InChI=1S/C17H26O3/c1-13(2)17(19)10-9-14(3)7-6-8-15(4)11-12-20-16(5)18/h7,11H,1,6,8-10,12H2,2-5H3/b14-7-,15-11-. The first-order valence-electron chi connectivity index (χ1n) is 6.96. The maximum Gasteiger partial charge on any atom is 0.302 e. The van der Waals surface area contributed by atoms with Gasteiger partial charge in [0, 0.05) is 13.3 Å². The van der Waals surface area contributed by atoms with Crippen LogP contribution in [-0.2, 0) is 14.3 Å². The molecule has 0 saturated heterocycles. The monoisotopic (exact) mass is 278 g/mol. The zero-order valence-corrected chi connectivity index (χ0v) is 13.1. The van der Waals surface area contributed by atoms with Crippen LogP contribution in [0.15, 0.2) is 35.5 Å². The fraction of sp³-hybridized carbons (Fsp3) is 0.529. The summed E-state index contributed by atoms with van der Waals surface area (Å²) in [5, 5.41) is 0. The van der Waals surface area contributed by atoms with Crippen molar-refractivity contribution in [1.82, 2.24) is 0 Å². The van der Waals surface area contributed by atoms with Crippen LogP contribution >= 0.6 is 0 Å². The van der Waals surface area contributed by atoms with Gasteiger partial charge in [-0.1, -0.05) is 23.8 Å². The second-order valence-corrected chi connectivity index (χ2v) is 5.15. The number of ketones is 1. The molecule has 0 unspecified atom stereocenters. The quantitative estimate of drug-likeness (QED) is 0.361. The van der Waals surface area contributed by atoms with Crippen molar-refractivity contribution in [3.63, 3.8) is 0 Å². The lowest BCUT2D eigenvalue weighted by Gasteiger charge is -2.03. The smallest absolute Gasteiger partial charge is 0.302 e. The molecule has 0 heterocycles. The number of carbonyl (C=O) groups is 2. The average Bonchev–Trinajstić information content (AvgIpc) is 2.35. The molecule has 0 aliphatic rings. The molecule has 112 valence electrons. The Morgan fingerprint density at radius 3 is 2.10 bits per heavy atom. The van der Waals surface area contributed by atoms with E-state index in [0.717, 1.165) is 19.3 Å². The molecule has 0 spiro atoms. The maximum absolute atomic E-state index is 11.4. The first-order chi connectivity index (χ1) is 9.32. The van der Waals surface area contributed by atoms with Gasteiger partial charge >= 0.3 is 5.97 Å². The van der Waals surface area contributed by atoms with Gasteiger partial charge in [0.25, 0.3) is 0 Å². The Labute approximate surface area is 122 Å². The average molecular weight is 278 g/mol. The molecule has 0 aromatic carbocycles. The predicted octanol–water partition coefficient (Wildman–Crippen LogP) is 4.15. The Kier molecular flexibility index (Phi) is 9.35. The molecule has 0 aliphatic heterocycles. The van der Waals surface area contributed by atoms with E-state index in [1.54, 1.807) is 6.92 Å². The number of ether oxygens (including phenoxy) is 1. The van der Waals surface area contributed by atoms with E-state index in [0.29, 0.717) is 18.6 Å². The molecule has 20 heavy (non-hydrogen) atoms. The highest BCUT2D eigenvalue weighted by atomic mass is 16.5. The van der Waals surface area contributed by atoms with Crippen LogP contribution in [0.25, 0.3) is 0 Å². The van der Waals surface area contributed by atoms with Crippen LogP contribution in [0.2, 0.25) is 0 Å². The molecule has 3 nitrogen and oxygen atoms in total. The number of hydrogen-bond acceptors (Lipinski definition) is 3. The fourth-order valence-corrected chi connectivity index (χ4v) is 1.58. The molecule has 0 N–H and O–H groups in total. The second-order valence-electron chi connectivity index (χ2n) is 5.15. The lowest BCUT2D eigenvalue weighted by atomic mass is 10.0. The van der Waals surface area contributed by atoms with Crippen molar-refractivity contribution in [2.24, 2.45) is 0 Å². The van der Waals surface area contributed by atoms with Crippen molar-refractivity contribution in [3.8, 4) is 0 Å². The number of rotatable bonds is 9. The first kappa shape index (κ1) is 18.4. The van der Waals surface area contributed by atoms with E-state index in [9.17, 15) is 9.59 Å². The summed E-state index contributed by atoms with van der Waals surface area (Å²) in [7, 11) is 0. The van der Waals surface area contributed by atoms with Gasteiger partial charge in [-0.05, 0) is 51.7 Å². The minimum atomic E-state index is -0.257. The van der Waals surface area contributed by atoms with Gasteiger partial charge in [-0.2, -0.15) is 0 Å². The van der Waals surface area contributed by atoms with Crippen molar-refractivity contribution >= 4 is 11.8 Å². The van der Waals surface area contributed by atoms with Crippen molar-refractivity contribution in [2.75, 3.05) is 6.61 Å². The summed E-state index contributed by atoms with van der Waals surface area (Å²) in [5.74, 6) is -0.123. The Morgan fingerprint density at radius 2 is 1.55 bits per heavy atom. The van der Waals surface area contributed by atoms with Crippen LogP contribution in [0.5, 0.6) is 0 Å². The third-order valence-corrected chi connectivity index (χ3v) is 2.97. The Bertz CT molecular complexity index is 414. The van der Waals surface area contributed by atoms with E-state index < -0.39 is 0 Å². The molecule has 0 amide bonds. The highest BCUT2D eigenvalue weighted by molar-refractivity contribution is 5.94. The number of esters is 1. The molecule has 0 atom stereocenters. The molecule has 3 heteroatoms. The molecular formula is C17H26O3. The summed E-state index contributed by atoms with van der Waals surface area (Å²) >= 11 is 0. The summed E-state index contributed by atoms with van der Waals surface area (Å²) in [4.78, 5) is 22.0. The highest BCUT2D eigenvalue weighted by Gasteiger charge is 2.02. The van der Waals surface area contributed by atoms with E-state index in [2.05, 4.69) is 12.7 Å². The van der Waals surface area contributed by atoms with Gasteiger partial charge in [0.1, 0.15) is 6.61 Å². The molecule has 0 aliphatic carbocycles. The molecular weight excluding hydrogens is 252 g/mol. The van der Waals surface area contributed by atoms with Gasteiger partial charge in [0.15, 0.2) is 5.78 Å². The van der Waals surface area contributed by atoms with Gasteiger partial charge in [-0.3, -0.25) is 9.59 Å². The van der Waals surface area contributed by atoms with Gasteiger partial charge in [-0.25, -0.2) is 0 Å². The minimum Gasteiger partial charge on any atom is -0.462 e. The summed E-state index contributed by atoms with van der Waals surface area (Å²) in [6, 6.07) is 0. The predicted molar refractivity (Wildman–Crippen MR) is 82.4 cm³/mol. The molecule has 0 fully saturated rings. The van der Waals surface area contributed by atoms with E-state index >= 15 is 0 Å². The molecule has 0 rings (SSSR count). The van der Waals surface area contributed by atoms with E-state index in [1.165, 1.54) is 18.1 Å². The third-order valence-electron chi connectivity index (χ3n) is 2.97. The van der Waals surface area contributed by atoms with E-state index in [-0.39, 0.29) is 11.8 Å². The molecule has 0 bridgehead atoms. The first-order valence-corrected chi connectivity index (χ1v) is 6.96. The van der Waals surface area contributed by atoms with Crippen molar-refractivity contribution in [2.45, 2.75) is 53.4 Å². The van der Waals surface area contributed by atoms with E-state index in [1.807, 2.05) is 19.9 Å². The summed E-state index contributed by atoms with van der Waals surface area (Å²) in [5.41, 5.74) is 3.06. The highest BCUT2D eigenvalue weighted by Crippen LogP contribution is 2.11. The summed E-state index contributed by atoms with van der Waals surface area (Å²) in [6.45, 7) is 11.2. The normalized spacial score (nSPS) is 12.2. The van der Waals surface area contributed by atoms with Gasteiger partial charge in [0.2, 0.25) is 0 Å². The van der Waals surface area contributed by atoms with Crippen LogP contribution in [0, 0.1) is 0 Å². The molecule has 0 aromatic rings. The van der Waals surface area contributed by atoms with Crippen LogP contribution in [0.4, 0.5) is 0 Å². The van der Waals surface area contributed by atoms with Gasteiger partial charge in [0.05, 0.1) is 0 Å². The molecule has 0 radical (unpaired) electrons. The van der Waals surface area contributed by atoms with E-state index in [4.69, 9.17) is 4.74 Å². The zero-order valence-electron chi connectivity index (χ0n) is 13.1. The van der Waals surface area contributed by atoms with Crippen LogP contribution in [-0.4, -0.2) is 18.4 Å². The van der Waals surface area contributed by atoms with Crippen LogP contribution in [0.3, 0.4) is 0 Å². The van der Waals surface area contributed by atoms with Crippen LogP contribution < -0.4 is 0 Å². The molecule has 0 saturated carbocycles. The van der Waals surface area contributed by atoms with Crippen molar-refractivity contribution < 1.29 is 14.3 Å². The second kappa shape index (κ2) is 10.2. The van der Waals surface area contributed by atoms with Gasteiger partial charge in [-0.15, -0.1) is 0 Å². The van der Waals surface area contributed by atoms with Crippen molar-refractivity contribution in [3.05, 3.63) is 35.5 Å². The molecule has 0 aromatic heterocycles. The Balaban J connectivity index is 3.95. The largest absolute Gasteiger partial charge is 0.462 e.